The first kappa shape index (κ1) is 17.6. The van der Waals surface area contributed by atoms with E-state index in [1.807, 2.05) is 25.1 Å². The van der Waals surface area contributed by atoms with Crippen molar-refractivity contribution in [1.82, 2.24) is 10.2 Å². The van der Waals surface area contributed by atoms with Crippen LogP contribution in [0.5, 0.6) is 5.75 Å². The first-order valence-corrected chi connectivity index (χ1v) is 8.03. The van der Waals surface area contributed by atoms with E-state index in [1.54, 1.807) is 14.2 Å². The van der Waals surface area contributed by atoms with Crippen LogP contribution in [0.15, 0.2) is 18.2 Å². The first-order chi connectivity index (χ1) is 11.1. The number of aryl methyl sites for hydroxylation is 1. The molecule has 1 atom stereocenters. The van der Waals surface area contributed by atoms with Gasteiger partial charge in [0.25, 0.3) is 0 Å². The molecular weight excluding hydrogens is 294 g/mol. The smallest absolute Gasteiger partial charge is 0.319 e. The monoisotopic (exact) mass is 321 g/mol. The number of rotatable bonds is 7. The summed E-state index contributed by atoms with van der Waals surface area (Å²) >= 11 is 0. The van der Waals surface area contributed by atoms with Gasteiger partial charge < -0.3 is 25.0 Å². The number of likely N-dealkylation sites (tertiary alicyclic amines) is 1. The molecule has 2 rings (SSSR count). The van der Waals surface area contributed by atoms with Crippen molar-refractivity contribution in [3.8, 4) is 5.75 Å². The number of hydrogen-bond donors (Lipinski definition) is 2. The molecule has 1 heterocycles. The minimum Gasteiger partial charge on any atom is -0.495 e. The molecular formula is C17H27N3O3. The molecule has 1 aromatic carbocycles. The zero-order valence-corrected chi connectivity index (χ0v) is 14.2. The molecule has 0 aromatic heterocycles. The van der Waals surface area contributed by atoms with Crippen molar-refractivity contribution >= 4 is 11.7 Å². The van der Waals surface area contributed by atoms with E-state index in [9.17, 15) is 4.79 Å². The van der Waals surface area contributed by atoms with E-state index in [4.69, 9.17) is 9.47 Å². The average Bonchev–Trinajstić information content (AvgIpc) is 2.99. The van der Waals surface area contributed by atoms with Gasteiger partial charge in [-0.15, -0.1) is 0 Å². The third-order valence-corrected chi connectivity index (χ3v) is 4.14. The molecule has 1 aliphatic rings. The molecule has 2 amide bonds. The van der Waals surface area contributed by atoms with E-state index in [-0.39, 0.29) is 6.03 Å². The Hall–Kier alpha value is -1.79. The lowest BCUT2D eigenvalue weighted by Gasteiger charge is -2.16. The van der Waals surface area contributed by atoms with E-state index in [2.05, 4.69) is 15.5 Å². The van der Waals surface area contributed by atoms with Crippen molar-refractivity contribution in [1.29, 1.82) is 0 Å². The highest BCUT2D eigenvalue weighted by molar-refractivity contribution is 5.91. The molecule has 0 bridgehead atoms. The number of urea groups is 1. The molecule has 1 saturated heterocycles. The van der Waals surface area contributed by atoms with Gasteiger partial charge in [0.15, 0.2) is 0 Å². The van der Waals surface area contributed by atoms with Gasteiger partial charge in [-0.2, -0.15) is 0 Å². The Bertz CT molecular complexity index is 522. The molecule has 6 nitrogen and oxygen atoms in total. The maximum absolute atomic E-state index is 12.1. The number of benzene rings is 1. The lowest BCUT2D eigenvalue weighted by molar-refractivity contribution is 0.159. The van der Waals surface area contributed by atoms with Crippen LogP contribution in [0.1, 0.15) is 12.0 Å². The van der Waals surface area contributed by atoms with Gasteiger partial charge >= 0.3 is 6.03 Å². The fraction of sp³-hybridized carbons (Fsp3) is 0.588. The number of hydrogen-bond acceptors (Lipinski definition) is 4. The van der Waals surface area contributed by atoms with Crippen LogP contribution < -0.4 is 15.4 Å². The molecule has 128 valence electrons. The average molecular weight is 321 g/mol. The normalized spacial score (nSPS) is 18.0. The third kappa shape index (κ3) is 5.41. The predicted octanol–water partition coefficient (Wildman–Crippen LogP) is 2.09. The Morgan fingerprint density at radius 1 is 1.39 bits per heavy atom. The van der Waals surface area contributed by atoms with Crippen molar-refractivity contribution < 1.29 is 14.3 Å². The van der Waals surface area contributed by atoms with Gasteiger partial charge in [-0.3, -0.25) is 0 Å². The van der Waals surface area contributed by atoms with E-state index in [0.29, 0.717) is 23.9 Å². The largest absolute Gasteiger partial charge is 0.495 e. The summed E-state index contributed by atoms with van der Waals surface area (Å²) in [6.45, 7) is 6.47. The minimum atomic E-state index is -0.191. The number of nitrogens with one attached hydrogen (secondary N) is 2. The summed E-state index contributed by atoms with van der Waals surface area (Å²) in [6.07, 6.45) is 1.11. The number of anilines is 1. The van der Waals surface area contributed by atoms with Crippen LogP contribution in [0, 0.1) is 12.8 Å². The summed E-state index contributed by atoms with van der Waals surface area (Å²) in [5, 5.41) is 5.82. The van der Waals surface area contributed by atoms with Crippen LogP contribution in [0.4, 0.5) is 10.5 Å². The van der Waals surface area contributed by atoms with Gasteiger partial charge in [0, 0.05) is 26.7 Å². The quantitative estimate of drug-likeness (QED) is 0.807. The molecule has 0 saturated carbocycles. The highest BCUT2D eigenvalue weighted by atomic mass is 16.5. The van der Waals surface area contributed by atoms with E-state index in [1.165, 1.54) is 0 Å². The van der Waals surface area contributed by atoms with Crippen LogP contribution in [0.2, 0.25) is 0 Å². The number of carbonyl (C=O) groups is 1. The van der Waals surface area contributed by atoms with Gasteiger partial charge in [-0.25, -0.2) is 4.79 Å². The Morgan fingerprint density at radius 2 is 2.22 bits per heavy atom. The van der Waals surface area contributed by atoms with Gasteiger partial charge in [0.2, 0.25) is 0 Å². The zero-order valence-electron chi connectivity index (χ0n) is 14.2. The van der Waals surface area contributed by atoms with Crippen molar-refractivity contribution in [3.05, 3.63) is 23.8 Å². The molecule has 6 heteroatoms. The second-order valence-electron chi connectivity index (χ2n) is 5.99. The molecule has 1 unspecified atom stereocenters. The van der Waals surface area contributed by atoms with E-state index in [0.717, 1.165) is 38.2 Å². The Balaban J connectivity index is 1.77. The molecule has 1 aromatic rings. The summed E-state index contributed by atoms with van der Waals surface area (Å²) in [4.78, 5) is 14.5. The van der Waals surface area contributed by atoms with Crippen LogP contribution in [-0.4, -0.2) is 57.9 Å². The Kier molecular flexibility index (Phi) is 6.67. The number of nitrogens with zero attached hydrogens (tertiary/aromatic N) is 1. The number of methoxy groups -OCH3 is 2. The van der Waals surface area contributed by atoms with Crippen LogP contribution in [0.25, 0.3) is 0 Å². The van der Waals surface area contributed by atoms with Crippen LogP contribution in [-0.2, 0) is 4.74 Å². The fourth-order valence-corrected chi connectivity index (χ4v) is 2.83. The molecule has 23 heavy (non-hydrogen) atoms. The first-order valence-electron chi connectivity index (χ1n) is 8.03. The number of amides is 2. The van der Waals surface area contributed by atoms with Crippen molar-refractivity contribution in [2.75, 3.05) is 52.3 Å². The molecule has 0 aliphatic carbocycles. The Morgan fingerprint density at radius 3 is 2.96 bits per heavy atom. The summed E-state index contributed by atoms with van der Waals surface area (Å²) in [5.74, 6) is 1.16. The number of carbonyl (C=O) groups excluding carboxylic acids is 1. The van der Waals surface area contributed by atoms with Gasteiger partial charge in [-0.1, -0.05) is 6.07 Å². The second-order valence-corrected chi connectivity index (χ2v) is 5.99. The predicted molar refractivity (Wildman–Crippen MR) is 91.2 cm³/mol. The van der Waals surface area contributed by atoms with Crippen LogP contribution in [0.3, 0.4) is 0 Å². The highest BCUT2D eigenvalue weighted by Gasteiger charge is 2.22. The molecule has 0 radical (unpaired) electrons. The highest BCUT2D eigenvalue weighted by Crippen LogP contribution is 2.25. The molecule has 2 N–H and O–H groups in total. The SMILES string of the molecule is COCCN1CCC(CNC(=O)Nc2cc(C)ccc2OC)C1. The maximum atomic E-state index is 12.1. The van der Waals surface area contributed by atoms with Crippen molar-refractivity contribution in [2.45, 2.75) is 13.3 Å². The summed E-state index contributed by atoms with van der Waals surface area (Å²) < 4.78 is 10.4. The number of ether oxygens (including phenoxy) is 2. The van der Waals surface area contributed by atoms with E-state index < -0.39 is 0 Å². The van der Waals surface area contributed by atoms with E-state index >= 15 is 0 Å². The lowest BCUT2D eigenvalue weighted by atomic mass is 10.1. The van der Waals surface area contributed by atoms with Gasteiger partial charge in [0.1, 0.15) is 5.75 Å². The molecule has 1 fully saturated rings. The summed E-state index contributed by atoms with van der Waals surface area (Å²) in [7, 11) is 3.32. The standard InChI is InChI=1S/C17H27N3O3/c1-13-4-5-16(23-3)15(10-13)19-17(21)18-11-14-6-7-20(12-14)8-9-22-2/h4-5,10,14H,6-9,11-12H2,1-3H3,(H2,18,19,21). The Labute approximate surface area is 138 Å². The molecule has 1 aliphatic heterocycles. The van der Waals surface area contributed by atoms with Crippen LogP contribution >= 0.6 is 0 Å². The summed E-state index contributed by atoms with van der Waals surface area (Å²) in [5.41, 5.74) is 1.77. The van der Waals surface area contributed by atoms with Gasteiger partial charge in [-0.05, 0) is 43.5 Å². The zero-order chi connectivity index (χ0) is 16.7. The van der Waals surface area contributed by atoms with Crippen molar-refractivity contribution in [2.24, 2.45) is 5.92 Å². The van der Waals surface area contributed by atoms with Gasteiger partial charge in [0.05, 0.1) is 19.4 Å². The summed E-state index contributed by atoms with van der Waals surface area (Å²) in [6, 6.07) is 5.52. The maximum Gasteiger partial charge on any atom is 0.319 e. The minimum absolute atomic E-state index is 0.191. The second kappa shape index (κ2) is 8.74. The van der Waals surface area contributed by atoms with Crippen molar-refractivity contribution in [3.63, 3.8) is 0 Å². The molecule has 0 spiro atoms. The lowest BCUT2D eigenvalue weighted by Crippen LogP contribution is -2.34. The topological polar surface area (TPSA) is 62.8 Å². The fourth-order valence-electron chi connectivity index (χ4n) is 2.83. The third-order valence-electron chi connectivity index (χ3n) is 4.14.